The molecule has 25 heavy (non-hydrogen) atoms. The molecule has 144 valence electrons. The molecule has 0 aliphatic heterocycles. The first-order chi connectivity index (χ1) is 11.6. The maximum Gasteiger partial charge on any atom is 1.00 e. The maximum atomic E-state index is 11.5. The Morgan fingerprint density at radius 2 is 1.28 bits per heavy atom. The Morgan fingerprint density at radius 1 is 0.880 bits per heavy atom. The van der Waals surface area contributed by atoms with Crippen LogP contribution in [-0.4, -0.2) is 23.7 Å². The van der Waals surface area contributed by atoms with Crippen molar-refractivity contribution in [3.63, 3.8) is 0 Å². The number of esters is 2. The third kappa shape index (κ3) is 19.0. The molecule has 0 aromatic rings. The fourth-order valence-corrected chi connectivity index (χ4v) is 2.75. The van der Waals surface area contributed by atoms with Crippen molar-refractivity contribution in [3.05, 3.63) is 0 Å². The fourth-order valence-electron chi connectivity index (χ4n) is 2.60. The molecule has 0 radical (unpaired) electrons. The van der Waals surface area contributed by atoms with E-state index in [2.05, 4.69) is 24.3 Å². The average Bonchev–Trinajstić information content (AvgIpc) is 2.58. The summed E-state index contributed by atoms with van der Waals surface area (Å²) < 4.78 is 4.66. The standard InChI is InChI=1S/C19H37NO3S.Na.H/c1-2-3-4-5-6-7-8-9-10-11-12-13-14-15-18(21)23-19(22)17(20)16-24;;/h17,24H,2-16,20H2,1H3;;/q;+1;-1. The molecule has 0 aliphatic rings. The molecule has 0 saturated heterocycles. The molecule has 0 amide bonds. The number of carbonyl (C=O) groups is 2. The Hall–Kier alpha value is 0.450. The van der Waals surface area contributed by atoms with Gasteiger partial charge in [0.2, 0.25) is 0 Å². The molecule has 0 fully saturated rings. The zero-order valence-electron chi connectivity index (χ0n) is 17.4. The maximum absolute atomic E-state index is 11.5. The predicted octanol–water partition coefficient (Wildman–Crippen LogP) is 1.91. The average molecular weight is 384 g/mol. The molecule has 0 aliphatic carbocycles. The number of nitrogens with two attached hydrogens (primary N) is 1. The van der Waals surface area contributed by atoms with E-state index in [1.165, 1.54) is 64.2 Å². The van der Waals surface area contributed by atoms with Crippen LogP contribution >= 0.6 is 12.6 Å². The first-order valence-corrected chi connectivity index (χ1v) is 10.4. The van der Waals surface area contributed by atoms with Gasteiger partial charge < -0.3 is 11.9 Å². The molecule has 0 spiro atoms. The summed E-state index contributed by atoms with van der Waals surface area (Å²) in [5.41, 5.74) is 5.44. The van der Waals surface area contributed by atoms with Crippen molar-refractivity contribution in [2.45, 2.75) is 103 Å². The van der Waals surface area contributed by atoms with Crippen molar-refractivity contribution in [1.82, 2.24) is 0 Å². The third-order valence-electron chi connectivity index (χ3n) is 4.20. The summed E-state index contributed by atoms with van der Waals surface area (Å²) in [6, 6.07) is -0.816. The van der Waals surface area contributed by atoms with Crippen molar-refractivity contribution < 1.29 is 45.3 Å². The van der Waals surface area contributed by atoms with E-state index in [9.17, 15) is 9.59 Å². The Kier molecular flexibility index (Phi) is 23.0. The zero-order chi connectivity index (χ0) is 18.0. The van der Waals surface area contributed by atoms with E-state index in [0.717, 1.165) is 19.3 Å². The van der Waals surface area contributed by atoms with Gasteiger partial charge in [0.25, 0.3) is 0 Å². The van der Waals surface area contributed by atoms with Crippen LogP contribution in [0.2, 0.25) is 0 Å². The SMILES string of the molecule is CCCCCCCCCCCCCCCC(=O)OC(=O)C(N)CS.[H-].[Na+]. The summed E-state index contributed by atoms with van der Waals surface area (Å²) in [5, 5.41) is 0. The van der Waals surface area contributed by atoms with Crippen molar-refractivity contribution in [3.8, 4) is 0 Å². The number of carbonyl (C=O) groups excluding carboxylic acids is 2. The minimum atomic E-state index is -0.816. The van der Waals surface area contributed by atoms with Crippen LogP contribution < -0.4 is 35.3 Å². The largest absolute Gasteiger partial charge is 1.00 e. The van der Waals surface area contributed by atoms with E-state index in [-0.39, 0.29) is 36.7 Å². The summed E-state index contributed by atoms with van der Waals surface area (Å²) in [4.78, 5) is 22.8. The second-order valence-electron chi connectivity index (χ2n) is 6.57. The first kappa shape index (κ1) is 27.7. The van der Waals surface area contributed by atoms with Crippen LogP contribution in [0.5, 0.6) is 0 Å². The smallest absolute Gasteiger partial charge is 1.00 e. The molecule has 0 bridgehead atoms. The molecular weight excluding hydrogens is 345 g/mol. The molecule has 6 heteroatoms. The van der Waals surface area contributed by atoms with Crippen LogP contribution in [0.15, 0.2) is 0 Å². The number of unbranched alkanes of at least 4 members (excludes halogenated alkanes) is 12. The molecular formula is C19H38NNaO3S. The molecule has 0 aromatic heterocycles. The molecule has 0 saturated carbocycles. The second-order valence-corrected chi connectivity index (χ2v) is 6.94. The van der Waals surface area contributed by atoms with Gasteiger partial charge in [0.05, 0.1) is 0 Å². The van der Waals surface area contributed by atoms with Gasteiger partial charge in [-0.15, -0.1) is 0 Å². The molecule has 4 nitrogen and oxygen atoms in total. The van der Waals surface area contributed by atoms with Gasteiger partial charge in [-0.2, -0.15) is 12.6 Å². The number of ether oxygens (including phenoxy) is 1. The Bertz CT molecular complexity index is 336. The molecule has 2 N–H and O–H groups in total. The molecule has 0 rings (SSSR count). The van der Waals surface area contributed by atoms with Crippen LogP contribution in [0, 0.1) is 0 Å². The van der Waals surface area contributed by atoms with Gasteiger partial charge in [-0.25, -0.2) is 4.79 Å². The number of rotatable bonds is 16. The van der Waals surface area contributed by atoms with Gasteiger partial charge in [0.1, 0.15) is 6.04 Å². The third-order valence-corrected chi connectivity index (χ3v) is 4.59. The van der Waals surface area contributed by atoms with Gasteiger partial charge in [-0.1, -0.05) is 84.0 Å². The topological polar surface area (TPSA) is 69.4 Å². The summed E-state index contributed by atoms with van der Waals surface area (Å²) in [6.45, 7) is 2.25. The summed E-state index contributed by atoms with van der Waals surface area (Å²) in [5.74, 6) is -0.963. The van der Waals surface area contributed by atoms with Gasteiger partial charge in [0.15, 0.2) is 0 Å². The van der Waals surface area contributed by atoms with Crippen molar-refractivity contribution >= 4 is 24.6 Å². The number of thiol groups is 1. The van der Waals surface area contributed by atoms with Crippen LogP contribution in [-0.2, 0) is 14.3 Å². The van der Waals surface area contributed by atoms with E-state index >= 15 is 0 Å². The first-order valence-electron chi connectivity index (χ1n) is 9.72. The zero-order valence-corrected chi connectivity index (χ0v) is 19.3. The van der Waals surface area contributed by atoms with Gasteiger partial charge in [0, 0.05) is 12.2 Å². The summed E-state index contributed by atoms with van der Waals surface area (Å²) in [6.07, 6.45) is 16.7. The Balaban J connectivity index is -0.00000264. The molecule has 1 atom stereocenters. The van der Waals surface area contributed by atoms with E-state index in [1.807, 2.05) is 0 Å². The molecule has 1 unspecified atom stereocenters. The molecule has 0 aromatic carbocycles. The van der Waals surface area contributed by atoms with Gasteiger partial charge >= 0.3 is 41.5 Å². The predicted molar refractivity (Wildman–Crippen MR) is 104 cm³/mol. The van der Waals surface area contributed by atoms with E-state index < -0.39 is 18.0 Å². The van der Waals surface area contributed by atoms with E-state index in [1.54, 1.807) is 0 Å². The quantitative estimate of drug-likeness (QED) is 0.140. The summed E-state index contributed by atoms with van der Waals surface area (Å²) >= 11 is 3.90. The monoisotopic (exact) mass is 383 g/mol. The normalized spacial score (nSPS) is 11.6. The Morgan fingerprint density at radius 3 is 1.68 bits per heavy atom. The summed E-state index contributed by atoms with van der Waals surface area (Å²) in [7, 11) is 0. The minimum absolute atomic E-state index is 0. The molecule has 0 heterocycles. The Labute approximate surface area is 183 Å². The van der Waals surface area contributed by atoms with Crippen molar-refractivity contribution in [1.29, 1.82) is 0 Å². The van der Waals surface area contributed by atoms with Crippen molar-refractivity contribution in [2.75, 3.05) is 5.75 Å². The van der Waals surface area contributed by atoms with Crippen molar-refractivity contribution in [2.24, 2.45) is 5.73 Å². The minimum Gasteiger partial charge on any atom is -1.00 e. The van der Waals surface area contributed by atoms with Crippen LogP contribution in [0.25, 0.3) is 0 Å². The fraction of sp³-hybridized carbons (Fsp3) is 0.895. The van der Waals surface area contributed by atoms with E-state index in [0.29, 0.717) is 6.42 Å². The van der Waals surface area contributed by atoms with E-state index in [4.69, 9.17) is 5.73 Å². The van der Waals surface area contributed by atoms with Gasteiger partial charge in [-0.05, 0) is 6.42 Å². The van der Waals surface area contributed by atoms with Crippen LogP contribution in [0.4, 0.5) is 0 Å². The number of hydrogen-bond acceptors (Lipinski definition) is 5. The van der Waals surface area contributed by atoms with Gasteiger partial charge in [-0.3, -0.25) is 4.79 Å². The van der Waals surface area contributed by atoms with Crippen LogP contribution in [0.1, 0.15) is 98.2 Å². The number of hydrogen-bond donors (Lipinski definition) is 2. The van der Waals surface area contributed by atoms with Crippen LogP contribution in [0.3, 0.4) is 0 Å². The second kappa shape index (κ2) is 20.8.